The molecule has 1 heterocycles. The van der Waals surface area contributed by atoms with E-state index in [-0.39, 0.29) is 24.0 Å². The Hall–Kier alpha value is -1.14. The monoisotopic (exact) mass is 336 g/mol. The predicted molar refractivity (Wildman–Crippen MR) is 96.2 cm³/mol. The van der Waals surface area contributed by atoms with Crippen LogP contribution in [0.5, 0.6) is 5.75 Å². The minimum Gasteiger partial charge on any atom is -0.508 e. The van der Waals surface area contributed by atoms with Gasteiger partial charge in [0.15, 0.2) is 0 Å². The van der Waals surface area contributed by atoms with E-state index in [2.05, 4.69) is 37.5 Å². The number of hydrogen-bond acceptors (Lipinski definition) is 5. The van der Waals surface area contributed by atoms with Crippen molar-refractivity contribution in [2.75, 3.05) is 32.7 Å². The Kier molecular flexibility index (Phi) is 7.04. The number of aromatic hydroxyl groups is 1. The first-order valence-corrected chi connectivity index (χ1v) is 8.97. The standard InChI is InChI=1S/C19H32N2O3/c1-5-21(16(4)17-7-6-8-18(22)9-17)13-19(23)12-20-10-14(2)24-15(3)11-20/h6-9,14-16,19,22-23H,5,10-13H2,1-4H3. The van der Waals surface area contributed by atoms with Crippen molar-refractivity contribution in [3.8, 4) is 5.75 Å². The van der Waals surface area contributed by atoms with Crippen molar-refractivity contribution in [1.82, 2.24) is 9.80 Å². The summed E-state index contributed by atoms with van der Waals surface area (Å²) in [4.78, 5) is 4.53. The number of benzene rings is 1. The van der Waals surface area contributed by atoms with E-state index in [1.54, 1.807) is 12.1 Å². The summed E-state index contributed by atoms with van der Waals surface area (Å²) in [6.07, 6.45) is 0.0334. The van der Waals surface area contributed by atoms with Gasteiger partial charge in [0.2, 0.25) is 0 Å². The lowest BCUT2D eigenvalue weighted by molar-refractivity contribution is -0.0784. The van der Waals surface area contributed by atoms with Crippen molar-refractivity contribution in [2.24, 2.45) is 0 Å². The van der Waals surface area contributed by atoms with E-state index in [0.717, 1.165) is 25.2 Å². The van der Waals surface area contributed by atoms with E-state index in [4.69, 9.17) is 4.74 Å². The van der Waals surface area contributed by atoms with Crippen LogP contribution < -0.4 is 0 Å². The quantitative estimate of drug-likeness (QED) is 0.800. The first-order valence-electron chi connectivity index (χ1n) is 8.97. The van der Waals surface area contributed by atoms with Gasteiger partial charge in [0, 0.05) is 32.2 Å². The maximum absolute atomic E-state index is 10.6. The third-order valence-electron chi connectivity index (χ3n) is 4.72. The molecule has 0 aromatic heterocycles. The van der Waals surface area contributed by atoms with Gasteiger partial charge in [0.25, 0.3) is 0 Å². The summed E-state index contributed by atoms with van der Waals surface area (Å²) in [5, 5.41) is 20.2. The van der Waals surface area contributed by atoms with Crippen LogP contribution in [-0.2, 0) is 4.74 Å². The third kappa shape index (κ3) is 5.45. The molecule has 0 aliphatic carbocycles. The van der Waals surface area contributed by atoms with E-state index in [1.807, 2.05) is 12.1 Å². The smallest absolute Gasteiger partial charge is 0.115 e. The fourth-order valence-corrected chi connectivity index (χ4v) is 3.62. The van der Waals surface area contributed by atoms with Gasteiger partial charge >= 0.3 is 0 Å². The van der Waals surface area contributed by atoms with E-state index in [9.17, 15) is 10.2 Å². The van der Waals surface area contributed by atoms with Gasteiger partial charge < -0.3 is 14.9 Å². The SMILES string of the molecule is CCN(CC(O)CN1CC(C)OC(C)C1)C(C)c1cccc(O)c1. The average Bonchev–Trinajstić information content (AvgIpc) is 2.51. The molecule has 0 spiro atoms. The van der Waals surface area contributed by atoms with E-state index in [0.29, 0.717) is 13.1 Å². The lowest BCUT2D eigenvalue weighted by Gasteiger charge is -2.37. The van der Waals surface area contributed by atoms with Gasteiger partial charge in [0.1, 0.15) is 5.75 Å². The summed E-state index contributed by atoms with van der Waals surface area (Å²) < 4.78 is 5.75. The topological polar surface area (TPSA) is 56.2 Å². The van der Waals surface area contributed by atoms with Crippen LogP contribution in [0.4, 0.5) is 0 Å². The van der Waals surface area contributed by atoms with E-state index >= 15 is 0 Å². The molecule has 1 saturated heterocycles. The average molecular weight is 336 g/mol. The van der Waals surface area contributed by atoms with E-state index < -0.39 is 6.10 Å². The fraction of sp³-hybridized carbons (Fsp3) is 0.684. The van der Waals surface area contributed by atoms with Gasteiger partial charge in [0.05, 0.1) is 18.3 Å². The molecule has 4 unspecified atom stereocenters. The number of rotatable bonds is 7. The van der Waals surface area contributed by atoms with Crippen LogP contribution >= 0.6 is 0 Å². The highest BCUT2D eigenvalue weighted by molar-refractivity contribution is 5.29. The molecule has 1 aromatic rings. The van der Waals surface area contributed by atoms with Crippen molar-refractivity contribution in [3.63, 3.8) is 0 Å². The summed E-state index contributed by atoms with van der Waals surface area (Å²) in [7, 11) is 0. The summed E-state index contributed by atoms with van der Waals surface area (Å²) >= 11 is 0. The zero-order valence-electron chi connectivity index (χ0n) is 15.4. The highest BCUT2D eigenvalue weighted by Crippen LogP contribution is 2.23. The Morgan fingerprint density at radius 1 is 1.29 bits per heavy atom. The van der Waals surface area contributed by atoms with Crippen LogP contribution in [0.2, 0.25) is 0 Å². The minimum atomic E-state index is -0.401. The second-order valence-corrected chi connectivity index (χ2v) is 6.99. The molecule has 4 atom stereocenters. The molecule has 1 aliphatic rings. The van der Waals surface area contributed by atoms with Crippen LogP contribution in [0.1, 0.15) is 39.3 Å². The molecule has 1 aliphatic heterocycles. The first-order chi connectivity index (χ1) is 11.4. The van der Waals surface area contributed by atoms with Crippen molar-refractivity contribution < 1.29 is 14.9 Å². The van der Waals surface area contributed by atoms with E-state index in [1.165, 1.54) is 0 Å². The molecule has 5 nitrogen and oxygen atoms in total. The molecule has 0 radical (unpaired) electrons. The molecule has 5 heteroatoms. The maximum Gasteiger partial charge on any atom is 0.115 e. The number of morpholine rings is 1. The molecule has 2 N–H and O–H groups in total. The van der Waals surface area contributed by atoms with Crippen molar-refractivity contribution in [2.45, 2.75) is 52.0 Å². The fourth-order valence-electron chi connectivity index (χ4n) is 3.62. The van der Waals surface area contributed by atoms with Gasteiger partial charge in [-0.2, -0.15) is 0 Å². The van der Waals surface area contributed by atoms with Crippen molar-refractivity contribution in [3.05, 3.63) is 29.8 Å². The Balaban J connectivity index is 1.91. The lowest BCUT2D eigenvalue weighted by Crippen LogP contribution is -2.49. The number of ether oxygens (including phenoxy) is 1. The van der Waals surface area contributed by atoms with Crippen molar-refractivity contribution in [1.29, 1.82) is 0 Å². The molecule has 0 saturated carbocycles. The number of hydrogen-bond donors (Lipinski definition) is 2. The Bertz CT molecular complexity index is 501. The highest BCUT2D eigenvalue weighted by Gasteiger charge is 2.25. The number of aliphatic hydroxyl groups is 1. The second kappa shape index (κ2) is 8.81. The maximum atomic E-state index is 10.6. The molecular formula is C19H32N2O3. The van der Waals surface area contributed by atoms with Crippen molar-refractivity contribution >= 4 is 0 Å². The number of likely N-dealkylation sites (N-methyl/N-ethyl adjacent to an activating group) is 1. The van der Waals surface area contributed by atoms with Gasteiger partial charge in [-0.05, 0) is 45.0 Å². The summed E-state index contributed by atoms with van der Waals surface area (Å²) in [5.41, 5.74) is 1.07. The lowest BCUT2D eigenvalue weighted by atomic mass is 10.1. The molecule has 24 heavy (non-hydrogen) atoms. The molecule has 136 valence electrons. The zero-order chi connectivity index (χ0) is 17.7. The number of phenolic OH excluding ortho intramolecular Hbond substituents is 1. The Labute approximate surface area is 145 Å². The number of phenols is 1. The summed E-state index contributed by atoms with van der Waals surface area (Å²) in [6, 6.07) is 7.51. The third-order valence-corrected chi connectivity index (χ3v) is 4.72. The van der Waals surface area contributed by atoms with Crippen LogP contribution in [-0.4, -0.2) is 71.0 Å². The first kappa shape index (κ1) is 19.2. The van der Waals surface area contributed by atoms with Gasteiger partial charge in [-0.15, -0.1) is 0 Å². The number of β-amino-alcohol motifs (C(OH)–C–C–N with tert-alkyl or cyclic N) is 1. The predicted octanol–water partition coefficient (Wildman–Crippen LogP) is 2.25. The van der Waals surface area contributed by atoms with Crippen LogP contribution in [0.15, 0.2) is 24.3 Å². The minimum absolute atomic E-state index is 0.152. The van der Waals surface area contributed by atoms with Gasteiger partial charge in [-0.3, -0.25) is 9.80 Å². The molecule has 1 fully saturated rings. The highest BCUT2D eigenvalue weighted by atomic mass is 16.5. The van der Waals surface area contributed by atoms with Gasteiger partial charge in [-0.1, -0.05) is 19.1 Å². The Morgan fingerprint density at radius 2 is 1.96 bits per heavy atom. The molecule has 1 aromatic carbocycles. The summed E-state index contributed by atoms with van der Waals surface area (Å²) in [5.74, 6) is 0.284. The normalized spacial score (nSPS) is 24.9. The van der Waals surface area contributed by atoms with Crippen LogP contribution in [0.3, 0.4) is 0 Å². The van der Waals surface area contributed by atoms with Crippen LogP contribution in [0.25, 0.3) is 0 Å². The zero-order valence-corrected chi connectivity index (χ0v) is 15.4. The second-order valence-electron chi connectivity index (χ2n) is 6.99. The van der Waals surface area contributed by atoms with Crippen LogP contribution in [0, 0.1) is 0 Å². The Morgan fingerprint density at radius 3 is 2.54 bits per heavy atom. The number of nitrogens with zero attached hydrogens (tertiary/aromatic N) is 2. The molecule has 0 bridgehead atoms. The molecule has 2 rings (SSSR count). The largest absolute Gasteiger partial charge is 0.508 e. The molecule has 0 amide bonds. The molecular weight excluding hydrogens is 304 g/mol. The summed E-state index contributed by atoms with van der Waals surface area (Å²) in [6.45, 7) is 12.3. The number of aliphatic hydroxyl groups excluding tert-OH is 1. The van der Waals surface area contributed by atoms with Gasteiger partial charge in [-0.25, -0.2) is 0 Å².